The molecule has 4 heterocycles. The van der Waals surface area contributed by atoms with Crippen molar-refractivity contribution in [3.63, 3.8) is 0 Å². The number of nitrogens with one attached hydrogen (secondary N) is 1. The van der Waals surface area contributed by atoms with Gasteiger partial charge in [0.25, 0.3) is 5.91 Å². The summed E-state index contributed by atoms with van der Waals surface area (Å²) in [6.07, 6.45) is 10.1. The Morgan fingerprint density at radius 2 is 1.88 bits per heavy atom. The number of anilines is 1. The zero-order valence-electron chi connectivity index (χ0n) is 29.5. The van der Waals surface area contributed by atoms with E-state index in [-0.39, 0.29) is 17.3 Å². The summed E-state index contributed by atoms with van der Waals surface area (Å²) in [5, 5.41) is -0.0242. The number of halogens is 1. The van der Waals surface area contributed by atoms with Crippen molar-refractivity contribution in [1.82, 2.24) is 9.62 Å². The molecule has 6 aliphatic rings. The second-order valence-electron chi connectivity index (χ2n) is 16.3. The molecule has 11 heteroatoms. The summed E-state index contributed by atoms with van der Waals surface area (Å²) in [6, 6.07) is 11.6. The fourth-order valence-corrected chi connectivity index (χ4v) is 11.2. The van der Waals surface area contributed by atoms with E-state index in [2.05, 4.69) is 38.8 Å². The van der Waals surface area contributed by atoms with Crippen LogP contribution in [0.1, 0.15) is 67.4 Å². The monoisotopic (exact) mass is 723 g/mol. The third kappa shape index (κ3) is 5.96. The Hall–Kier alpha value is -2.63. The van der Waals surface area contributed by atoms with E-state index < -0.39 is 26.8 Å². The second-order valence-corrected chi connectivity index (χ2v) is 18.8. The van der Waals surface area contributed by atoms with Crippen LogP contribution in [0.3, 0.4) is 0 Å². The molecule has 2 saturated heterocycles. The van der Waals surface area contributed by atoms with E-state index in [9.17, 15) is 13.2 Å². The van der Waals surface area contributed by atoms with Gasteiger partial charge in [0, 0.05) is 61.2 Å². The maximum Gasteiger partial charge on any atom is 0.264 e. The number of benzene rings is 2. The van der Waals surface area contributed by atoms with E-state index in [1.807, 2.05) is 32.2 Å². The smallest absolute Gasteiger partial charge is 0.264 e. The fourth-order valence-electron chi connectivity index (χ4n) is 9.74. The van der Waals surface area contributed by atoms with Gasteiger partial charge in [-0.1, -0.05) is 36.7 Å². The highest BCUT2D eigenvalue weighted by molar-refractivity contribution is 7.90. The van der Waals surface area contributed by atoms with Gasteiger partial charge in [0.1, 0.15) is 11.4 Å². The summed E-state index contributed by atoms with van der Waals surface area (Å²) in [7, 11) is -2.10. The lowest BCUT2D eigenvalue weighted by Gasteiger charge is -2.58. The minimum absolute atomic E-state index is 0.212. The molecule has 2 aromatic rings. The number of nitrogens with zero attached hydrogens (tertiary/aromatic N) is 2. The maximum atomic E-state index is 13.6. The van der Waals surface area contributed by atoms with Gasteiger partial charge in [-0.3, -0.25) is 9.69 Å². The molecule has 0 aromatic heterocycles. The minimum atomic E-state index is -3.94. The lowest BCUT2D eigenvalue weighted by atomic mass is 9.63. The Labute approximate surface area is 301 Å². The second kappa shape index (κ2) is 12.8. The number of amides is 1. The predicted octanol–water partition coefficient (Wildman–Crippen LogP) is 5.60. The fraction of sp³-hybridized carbons (Fsp3) is 0.615. The molecule has 2 bridgehead atoms. The van der Waals surface area contributed by atoms with Crippen LogP contribution in [0, 0.1) is 23.2 Å². The molecular formula is C39H50ClN3O6S. The molecule has 2 spiro atoms. The molecule has 1 N–H and O–H groups in total. The molecule has 1 amide bonds. The first-order valence-corrected chi connectivity index (χ1v) is 20.3. The van der Waals surface area contributed by atoms with Gasteiger partial charge < -0.3 is 19.1 Å². The summed E-state index contributed by atoms with van der Waals surface area (Å²) in [4.78, 5) is 18.5. The molecule has 9 nitrogen and oxygen atoms in total. The highest BCUT2D eigenvalue weighted by Crippen LogP contribution is 2.50. The molecule has 2 aromatic carbocycles. The average Bonchev–Trinajstić information content (AvgIpc) is 3.19. The van der Waals surface area contributed by atoms with Gasteiger partial charge in [0.05, 0.1) is 30.8 Å². The Morgan fingerprint density at radius 3 is 2.60 bits per heavy atom. The number of carbonyl (C=O) groups excluding carboxylic acids is 1. The summed E-state index contributed by atoms with van der Waals surface area (Å²) in [5.74, 6) is 0.508. The number of fused-ring (bicyclic) bond motifs is 4. The van der Waals surface area contributed by atoms with Crippen molar-refractivity contribution in [2.75, 3.05) is 64.6 Å². The van der Waals surface area contributed by atoms with Crippen molar-refractivity contribution in [3.8, 4) is 5.75 Å². The number of sulfonamides is 1. The summed E-state index contributed by atoms with van der Waals surface area (Å²) >= 11 is 6.48. The molecule has 2 aliphatic carbocycles. The van der Waals surface area contributed by atoms with E-state index in [0.29, 0.717) is 35.7 Å². The number of ether oxygens (including phenoxy) is 3. The number of hydrogen-bond acceptors (Lipinski definition) is 8. The first kappa shape index (κ1) is 34.5. The van der Waals surface area contributed by atoms with Crippen LogP contribution >= 0.6 is 11.6 Å². The van der Waals surface area contributed by atoms with Crippen molar-refractivity contribution in [2.45, 2.75) is 68.6 Å². The lowest BCUT2D eigenvalue weighted by Crippen LogP contribution is -2.69. The first-order chi connectivity index (χ1) is 23.9. The number of carbonyl (C=O) groups is 1. The molecule has 3 fully saturated rings. The number of aryl methyl sites for hydroxylation is 1. The Bertz CT molecular complexity index is 1790. The Balaban J connectivity index is 1.20. The quantitative estimate of drug-likeness (QED) is 0.409. The maximum absolute atomic E-state index is 13.6. The third-order valence-corrected chi connectivity index (χ3v) is 15.2. The molecule has 50 heavy (non-hydrogen) atoms. The van der Waals surface area contributed by atoms with E-state index in [0.717, 1.165) is 88.8 Å². The highest BCUT2D eigenvalue weighted by atomic mass is 35.5. The largest absolute Gasteiger partial charge is 0.490 e. The van der Waals surface area contributed by atoms with Crippen LogP contribution in [0.2, 0.25) is 5.02 Å². The Morgan fingerprint density at radius 1 is 1.06 bits per heavy atom. The van der Waals surface area contributed by atoms with E-state index >= 15 is 0 Å². The van der Waals surface area contributed by atoms with Gasteiger partial charge in [0.2, 0.25) is 10.0 Å². The number of likely N-dealkylation sites (tertiary alicyclic amines) is 1. The van der Waals surface area contributed by atoms with Gasteiger partial charge in [-0.05, 0) is 105 Å². The molecule has 8 rings (SSSR count). The van der Waals surface area contributed by atoms with Crippen molar-refractivity contribution in [2.24, 2.45) is 23.2 Å². The zero-order valence-corrected chi connectivity index (χ0v) is 31.0. The summed E-state index contributed by atoms with van der Waals surface area (Å²) < 4.78 is 48.3. The first-order valence-electron chi connectivity index (χ1n) is 18.3. The lowest BCUT2D eigenvalue weighted by molar-refractivity contribution is -0.205. The topological polar surface area (TPSA) is 97.4 Å². The average molecular weight is 724 g/mol. The van der Waals surface area contributed by atoms with Gasteiger partial charge in [-0.25, -0.2) is 13.1 Å². The van der Waals surface area contributed by atoms with Crippen LogP contribution in [-0.4, -0.2) is 89.7 Å². The Kier molecular flexibility index (Phi) is 8.82. The number of hydrogen-bond donors (Lipinski definition) is 1. The molecule has 270 valence electrons. The van der Waals surface area contributed by atoms with E-state index in [1.54, 1.807) is 13.0 Å². The van der Waals surface area contributed by atoms with Gasteiger partial charge in [-0.15, -0.1) is 0 Å². The minimum Gasteiger partial charge on any atom is -0.490 e. The highest BCUT2D eigenvalue weighted by Gasteiger charge is 2.54. The van der Waals surface area contributed by atoms with Gasteiger partial charge in [-0.2, -0.15) is 0 Å². The summed E-state index contributed by atoms with van der Waals surface area (Å²) in [6.45, 7) is 10.1. The van der Waals surface area contributed by atoms with Crippen molar-refractivity contribution in [1.29, 1.82) is 0 Å². The van der Waals surface area contributed by atoms with Crippen molar-refractivity contribution < 1.29 is 27.4 Å². The van der Waals surface area contributed by atoms with Crippen LogP contribution in [0.25, 0.3) is 0 Å². The molecule has 6 atom stereocenters. The van der Waals surface area contributed by atoms with Crippen molar-refractivity contribution >= 4 is 33.2 Å². The SMILES string of the molecule is CO[C@@]1(CN2CC3(COC3)C2)/C=C/C[C@H](C)[C@@H](C)S(=O)(=O)NC(=O)c2ccc3c(c2)N(C[C@@H]2CC[C@H]21)C[C@@]1(CCCc2cc(Cl)ccc21)CO3. The van der Waals surface area contributed by atoms with E-state index in [1.165, 1.54) is 11.1 Å². The van der Waals surface area contributed by atoms with Crippen LogP contribution in [0.4, 0.5) is 5.69 Å². The van der Waals surface area contributed by atoms with Crippen LogP contribution in [0.15, 0.2) is 48.6 Å². The molecule has 4 aliphatic heterocycles. The molecule has 0 unspecified atom stereocenters. The van der Waals surface area contributed by atoms with Crippen molar-refractivity contribution in [3.05, 3.63) is 70.3 Å². The number of methoxy groups -OCH3 is 1. The van der Waals surface area contributed by atoms with Gasteiger partial charge >= 0.3 is 0 Å². The predicted molar refractivity (Wildman–Crippen MR) is 195 cm³/mol. The number of allylic oxidation sites excluding steroid dienone is 1. The van der Waals surface area contributed by atoms with Crippen LogP contribution in [0.5, 0.6) is 5.75 Å². The molecular weight excluding hydrogens is 674 g/mol. The third-order valence-electron chi connectivity index (χ3n) is 13.0. The number of rotatable bonds is 3. The normalized spacial score (nSPS) is 35.3. The van der Waals surface area contributed by atoms with E-state index in [4.69, 9.17) is 25.8 Å². The molecule has 0 radical (unpaired) electrons. The standard InChI is InChI=1S/C39H50ClN3O6S/c1-26-6-4-15-39(47-3,22-42-19-37(20-42)23-48-24-37)33-11-8-30(33)18-43-21-38(14-5-7-28-16-31(40)10-12-32(28)38)25-49-35-13-9-29(17-34(35)43)36(44)41-50(45,46)27(26)2/h4,9-10,12-13,15-17,26-27,30,33H,5-8,11,14,18-25H2,1-3H3,(H,41,44)/b15-4+/t26-,27+,30-,33+,38-,39+/m0/s1. The van der Waals surface area contributed by atoms with Crippen LogP contribution < -0.4 is 14.4 Å². The molecule has 1 saturated carbocycles. The van der Waals surface area contributed by atoms with Gasteiger partial charge in [0.15, 0.2) is 0 Å². The summed E-state index contributed by atoms with van der Waals surface area (Å²) in [5.41, 5.74) is 3.22. The zero-order chi connectivity index (χ0) is 34.9. The van der Waals surface area contributed by atoms with Crippen LogP contribution in [-0.2, 0) is 31.3 Å².